The second-order valence-corrected chi connectivity index (χ2v) is 5.54. The van der Waals surface area contributed by atoms with E-state index in [0.29, 0.717) is 17.3 Å². The zero-order valence-electron chi connectivity index (χ0n) is 12.1. The van der Waals surface area contributed by atoms with Crippen molar-refractivity contribution >= 4 is 11.8 Å². The van der Waals surface area contributed by atoms with E-state index in [2.05, 4.69) is 10.2 Å². The minimum atomic E-state index is -0.366. The second kappa shape index (κ2) is 6.23. The standard InChI is InChI=1S/C15H14FN3O2S/c1-19-14(13-4-3-7-21-13)17-18-15(19)22-9-10-5-6-12(20-2)11(16)8-10/h3-8H,9H2,1-2H3. The van der Waals surface area contributed by atoms with Crippen molar-refractivity contribution in [2.24, 2.45) is 7.05 Å². The van der Waals surface area contributed by atoms with Crippen molar-refractivity contribution in [1.29, 1.82) is 0 Å². The van der Waals surface area contributed by atoms with Gasteiger partial charge in [-0.05, 0) is 29.8 Å². The molecule has 0 N–H and O–H groups in total. The lowest BCUT2D eigenvalue weighted by molar-refractivity contribution is 0.386. The lowest BCUT2D eigenvalue weighted by Gasteiger charge is -2.05. The first-order valence-electron chi connectivity index (χ1n) is 6.57. The molecule has 0 atom stereocenters. The molecule has 114 valence electrons. The molecule has 0 aliphatic carbocycles. The van der Waals surface area contributed by atoms with E-state index in [1.807, 2.05) is 23.7 Å². The minimum Gasteiger partial charge on any atom is -0.494 e. The molecule has 0 aliphatic rings. The SMILES string of the molecule is COc1ccc(CSc2nnc(-c3ccco3)n2C)cc1F. The lowest BCUT2D eigenvalue weighted by atomic mass is 10.2. The Kier molecular flexibility index (Phi) is 4.15. The van der Waals surface area contributed by atoms with E-state index in [9.17, 15) is 4.39 Å². The largest absolute Gasteiger partial charge is 0.494 e. The van der Waals surface area contributed by atoms with Gasteiger partial charge in [-0.1, -0.05) is 17.8 Å². The molecule has 0 radical (unpaired) electrons. The van der Waals surface area contributed by atoms with Crippen molar-refractivity contribution in [3.63, 3.8) is 0 Å². The van der Waals surface area contributed by atoms with E-state index in [1.165, 1.54) is 24.9 Å². The summed E-state index contributed by atoms with van der Waals surface area (Å²) in [6, 6.07) is 8.55. The van der Waals surface area contributed by atoms with Crippen LogP contribution >= 0.6 is 11.8 Å². The van der Waals surface area contributed by atoms with E-state index >= 15 is 0 Å². The van der Waals surface area contributed by atoms with Crippen molar-refractivity contribution in [2.45, 2.75) is 10.9 Å². The summed E-state index contributed by atoms with van der Waals surface area (Å²) in [7, 11) is 3.32. The third-order valence-corrected chi connectivity index (χ3v) is 4.25. The first kappa shape index (κ1) is 14.6. The topological polar surface area (TPSA) is 53.1 Å². The van der Waals surface area contributed by atoms with Crippen molar-refractivity contribution < 1.29 is 13.5 Å². The molecule has 0 saturated heterocycles. The van der Waals surface area contributed by atoms with Crippen LogP contribution in [-0.4, -0.2) is 21.9 Å². The van der Waals surface area contributed by atoms with Crippen molar-refractivity contribution in [2.75, 3.05) is 7.11 Å². The van der Waals surface area contributed by atoms with Crippen LogP contribution in [0.4, 0.5) is 4.39 Å². The highest BCUT2D eigenvalue weighted by Gasteiger charge is 2.13. The van der Waals surface area contributed by atoms with Crippen LogP contribution in [0.15, 0.2) is 46.2 Å². The number of rotatable bonds is 5. The number of hydrogen-bond acceptors (Lipinski definition) is 5. The molecule has 2 aromatic heterocycles. The van der Waals surface area contributed by atoms with E-state index in [4.69, 9.17) is 9.15 Å². The fourth-order valence-electron chi connectivity index (χ4n) is 2.01. The summed E-state index contributed by atoms with van der Waals surface area (Å²) in [6.07, 6.45) is 1.59. The van der Waals surface area contributed by atoms with Gasteiger partial charge in [0.15, 0.2) is 28.3 Å². The zero-order valence-corrected chi connectivity index (χ0v) is 12.9. The molecule has 3 rings (SSSR count). The number of ether oxygens (including phenoxy) is 1. The summed E-state index contributed by atoms with van der Waals surface area (Å²) in [5.74, 6) is 1.79. The van der Waals surface area contributed by atoms with Crippen LogP contribution in [0.25, 0.3) is 11.6 Å². The van der Waals surface area contributed by atoms with Gasteiger partial charge in [-0.15, -0.1) is 10.2 Å². The van der Waals surface area contributed by atoms with Crippen LogP contribution in [0.1, 0.15) is 5.56 Å². The molecular weight excluding hydrogens is 305 g/mol. The fraction of sp³-hybridized carbons (Fsp3) is 0.200. The van der Waals surface area contributed by atoms with Crippen LogP contribution < -0.4 is 4.74 Å². The molecule has 0 aliphatic heterocycles. The predicted molar refractivity (Wildman–Crippen MR) is 81.2 cm³/mol. The molecule has 0 spiro atoms. The maximum Gasteiger partial charge on any atom is 0.200 e. The first-order chi connectivity index (χ1) is 10.7. The molecule has 0 unspecified atom stereocenters. The molecule has 0 saturated carbocycles. The maximum absolute atomic E-state index is 13.7. The predicted octanol–water partition coefficient (Wildman–Crippen LogP) is 3.52. The Labute approximate surface area is 131 Å². The van der Waals surface area contributed by atoms with Gasteiger partial charge in [-0.25, -0.2) is 4.39 Å². The number of benzene rings is 1. The number of aromatic nitrogens is 3. The normalized spacial score (nSPS) is 10.9. The van der Waals surface area contributed by atoms with E-state index < -0.39 is 0 Å². The second-order valence-electron chi connectivity index (χ2n) is 4.60. The number of furan rings is 1. The molecule has 0 bridgehead atoms. The molecule has 7 heteroatoms. The van der Waals surface area contributed by atoms with Gasteiger partial charge < -0.3 is 13.7 Å². The Morgan fingerprint density at radius 3 is 2.86 bits per heavy atom. The number of hydrogen-bond donors (Lipinski definition) is 0. The average Bonchev–Trinajstić information content (AvgIpc) is 3.15. The molecule has 0 fully saturated rings. The van der Waals surface area contributed by atoms with Crippen molar-refractivity contribution in [3.8, 4) is 17.3 Å². The smallest absolute Gasteiger partial charge is 0.200 e. The number of thioether (sulfide) groups is 1. The lowest BCUT2D eigenvalue weighted by Crippen LogP contribution is -1.95. The van der Waals surface area contributed by atoms with Gasteiger partial charge in [-0.3, -0.25) is 0 Å². The molecule has 2 heterocycles. The maximum atomic E-state index is 13.7. The minimum absolute atomic E-state index is 0.243. The van der Waals surface area contributed by atoms with E-state index in [0.717, 1.165) is 10.7 Å². The Balaban J connectivity index is 1.73. The molecule has 1 aromatic carbocycles. The Morgan fingerprint density at radius 2 is 2.18 bits per heavy atom. The summed E-state index contributed by atoms with van der Waals surface area (Å²) in [5.41, 5.74) is 0.853. The highest BCUT2D eigenvalue weighted by Crippen LogP contribution is 2.27. The zero-order chi connectivity index (χ0) is 15.5. The van der Waals surface area contributed by atoms with E-state index in [-0.39, 0.29) is 11.6 Å². The summed E-state index contributed by atoms with van der Waals surface area (Å²) in [6.45, 7) is 0. The number of methoxy groups -OCH3 is 1. The summed E-state index contributed by atoms with van der Waals surface area (Å²) >= 11 is 1.48. The van der Waals surface area contributed by atoms with Gasteiger partial charge in [-0.2, -0.15) is 0 Å². The molecule has 5 nitrogen and oxygen atoms in total. The van der Waals surface area contributed by atoms with E-state index in [1.54, 1.807) is 18.4 Å². The van der Waals surface area contributed by atoms with Crippen molar-refractivity contribution in [3.05, 3.63) is 48.0 Å². The molecular formula is C15H14FN3O2S. The van der Waals surface area contributed by atoms with Crippen LogP contribution in [0, 0.1) is 5.82 Å². The highest BCUT2D eigenvalue weighted by molar-refractivity contribution is 7.98. The van der Waals surface area contributed by atoms with Gasteiger partial charge in [0.05, 0.1) is 13.4 Å². The third-order valence-electron chi connectivity index (χ3n) is 3.16. The van der Waals surface area contributed by atoms with Crippen LogP contribution in [-0.2, 0) is 12.8 Å². The Hall–Kier alpha value is -2.28. The average molecular weight is 319 g/mol. The third kappa shape index (κ3) is 2.85. The fourth-order valence-corrected chi connectivity index (χ4v) is 2.86. The quantitative estimate of drug-likeness (QED) is 0.674. The van der Waals surface area contributed by atoms with Gasteiger partial charge in [0.25, 0.3) is 0 Å². The summed E-state index contributed by atoms with van der Waals surface area (Å²) < 4.78 is 25.7. The molecule has 3 aromatic rings. The van der Waals surface area contributed by atoms with Gasteiger partial charge in [0.1, 0.15) is 0 Å². The molecule has 0 amide bonds. The number of nitrogens with zero attached hydrogens (tertiary/aromatic N) is 3. The van der Waals surface area contributed by atoms with Crippen molar-refractivity contribution in [1.82, 2.24) is 14.8 Å². The summed E-state index contributed by atoms with van der Waals surface area (Å²) in [5, 5.41) is 9.00. The van der Waals surface area contributed by atoms with Crippen LogP contribution in [0.2, 0.25) is 0 Å². The number of halogens is 1. The monoisotopic (exact) mass is 319 g/mol. The summed E-state index contributed by atoms with van der Waals surface area (Å²) in [4.78, 5) is 0. The van der Waals surface area contributed by atoms with Crippen LogP contribution in [0.3, 0.4) is 0 Å². The highest BCUT2D eigenvalue weighted by atomic mass is 32.2. The van der Waals surface area contributed by atoms with Crippen LogP contribution in [0.5, 0.6) is 5.75 Å². The Bertz CT molecular complexity index is 771. The van der Waals surface area contributed by atoms with Gasteiger partial charge >= 0.3 is 0 Å². The van der Waals surface area contributed by atoms with Gasteiger partial charge in [0.2, 0.25) is 0 Å². The van der Waals surface area contributed by atoms with Gasteiger partial charge in [0, 0.05) is 12.8 Å². The molecule has 22 heavy (non-hydrogen) atoms. The Morgan fingerprint density at radius 1 is 1.32 bits per heavy atom. The first-order valence-corrected chi connectivity index (χ1v) is 7.56.